The normalized spacial score (nSPS) is 12.9. The van der Waals surface area contributed by atoms with Crippen molar-refractivity contribution in [2.45, 2.75) is 44.6 Å². The highest BCUT2D eigenvalue weighted by atomic mass is 28.3. The summed E-state index contributed by atoms with van der Waals surface area (Å²) in [5, 5.41) is 3.00. The van der Waals surface area contributed by atoms with Crippen LogP contribution in [0.1, 0.15) is 16.7 Å². The number of H-pyrrole nitrogens is 1. The van der Waals surface area contributed by atoms with Crippen LogP contribution >= 0.6 is 0 Å². The molecule has 0 aliphatic rings. The Morgan fingerprint density at radius 3 is 2.26 bits per heavy atom. The number of aromatic amines is 1. The number of nitrogens with zero attached hydrogens (tertiary/aromatic N) is 2. The molecule has 0 atom stereocenters. The third kappa shape index (κ3) is 6.02. The molecule has 2 aromatic carbocycles. The fraction of sp³-hybridized carbons (Fsp3) is 0.308. The van der Waals surface area contributed by atoms with Crippen LogP contribution in [0.5, 0.6) is 0 Å². The van der Waals surface area contributed by atoms with Gasteiger partial charge in [-0.2, -0.15) is 26.3 Å². The lowest BCUT2D eigenvalue weighted by molar-refractivity contribution is -0.138. The van der Waals surface area contributed by atoms with Crippen LogP contribution in [0.3, 0.4) is 0 Å². The smallest absolute Gasteiger partial charge is 0.377 e. The zero-order chi connectivity index (χ0) is 27.9. The van der Waals surface area contributed by atoms with Gasteiger partial charge in [0.25, 0.3) is 5.56 Å². The number of ether oxygens (including phenoxy) is 1. The van der Waals surface area contributed by atoms with Crippen molar-refractivity contribution in [1.82, 2.24) is 14.8 Å². The summed E-state index contributed by atoms with van der Waals surface area (Å²) in [6.45, 7) is 6.89. The number of fused-ring (bicyclic) bond motifs is 1. The van der Waals surface area contributed by atoms with Crippen LogP contribution < -0.4 is 5.56 Å². The molecule has 38 heavy (non-hydrogen) atoms. The van der Waals surface area contributed by atoms with Crippen LogP contribution in [0, 0.1) is 0 Å². The first-order valence-corrected chi connectivity index (χ1v) is 15.4. The quantitative estimate of drug-likeness (QED) is 0.149. The molecule has 0 amide bonds. The van der Waals surface area contributed by atoms with E-state index in [1.807, 2.05) is 0 Å². The second-order valence-electron chi connectivity index (χ2n) is 10.1. The lowest BCUT2D eigenvalue weighted by Gasteiger charge is -2.16. The molecule has 0 radical (unpaired) electrons. The van der Waals surface area contributed by atoms with Crippen LogP contribution in [-0.2, 0) is 23.7 Å². The molecule has 0 aliphatic carbocycles. The lowest BCUT2D eigenvalue weighted by atomic mass is 10.0. The first kappa shape index (κ1) is 27.6. The van der Waals surface area contributed by atoms with Crippen LogP contribution in [0.25, 0.3) is 27.8 Å². The Bertz CT molecular complexity index is 1500. The minimum absolute atomic E-state index is 0.0386. The number of hydrogen-bond donors (Lipinski definition) is 1. The summed E-state index contributed by atoms with van der Waals surface area (Å²) in [7, 11) is -1.42. The van der Waals surface area contributed by atoms with Gasteiger partial charge in [-0.05, 0) is 60.1 Å². The Morgan fingerprint density at radius 2 is 1.66 bits per heavy atom. The van der Waals surface area contributed by atoms with Gasteiger partial charge in [-0.1, -0.05) is 19.6 Å². The van der Waals surface area contributed by atoms with E-state index in [1.165, 1.54) is 24.4 Å². The van der Waals surface area contributed by atoms with E-state index in [2.05, 4.69) is 29.7 Å². The van der Waals surface area contributed by atoms with E-state index in [9.17, 15) is 31.1 Å². The van der Waals surface area contributed by atoms with Crippen LogP contribution in [0.2, 0.25) is 25.7 Å². The van der Waals surface area contributed by atoms with Gasteiger partial charge < -0.3 is 4.74 Å². The van der Waals surface area contributed by atoms with Gasteiger partial charge in [-0.15, -0.1) is 0 Å². The number of halogens is 6. The van der Waals surface area contributed by atoms with Crippen LogP contribution in [-0.4, -0.2) is 29.4 Å². The van der Waals surface area contributed by atoms with Gasteiger partial charge in [0, 0.05) is 26.4 Å². The zero-order valence-corrected chi connectivity index (χ0v) is 21.8. The number of nitrogens with one attached hydrogen (secondary N) is 1. The molecule has 202 valence electrons. The van der Waals surface area contributed by atoms with Gasteiger partial charge in [-0.3, -0.25) is 14.9 Å². The van der Waals surface area contributed by atoms with E-state index in [0.29, 0.717) is 12.2 Å². The monoisotopic (exact) mass is 553 g/mol. The molecule has 0 fully saturated rings. The van der Waals surface area contributed by atoms with E-state index in [4.69, 9.17) is 4.74 Å². The maximum atomic E-state index is 13.7. The lowest BCUT2D eigenvalue weighted by Crippen LogP contribution is -2.21. The van der Waals surface area contributed by atoms with E-state index in [1.54, 1.807) is 0 Å². The number of benzene rings is 2. The van der Waals surface area contributed by atoms with Crippen molar-refractivity contribution < 1.29 is 31.1 Å². The summed E-state index contributed by atoms with van der Waals surface area (Å²) in [5.74, 6) is 0. The van der Waals surface area contributed by atoms with Crippen molar-refractivity contribution in [3.05, 3.63) is 81.8 Å². The van der Waals surface area contributed by atoms with Crippen LogP contribution in [0.15, 0.2) is 59.5 Å². The summed E-state index contributed by atoms with van der Waals surface area (Å²) >= 11 is 0. The standard InChI is InChI=1S/C26H25F6N3O2Si/c1-38(2,3)12-11-37-15-17-13-16(23-20(26(30,31)32)5-4-10-33-23)14-21-22(17)24(36)35(34-21)19-8-6-18(7-9-19)25(27,28)29/h4-10,13-14,34H,11-12,15H2,1-3H3. The Balaban J connectivity index is 1.84. The van der Waals surface area contributed by atoms with Crippen molar-refractivity contribution >= 4 is 19.0 Å². The summed E-state index contributed by atoms with van der Waals surface area (Å²) in [6.07, 6.45) is -7.96. The Labute approximate surface area is 215 Å². The van der Waals surface area contributed by atoms with Crippen molar-refractivity contribution in [2.24, 2.45) is 0 Å². The Morgan fingerprint density at radius 1 is 0.974 bits per heavy atom. The molecule has 1 N–H and O–H groups in total. The molecule has 2 heterocycles. The zero-order valence-electron chi connectivity index (χ0n) is 20.8. The molecule has 0 saturated carbocycles. The fourth-order valence-corrected chi connectivity index (χ4v) is 4.74. The average Bonchev–Trinajstić information content (AvgIpc) is 3.16. The van der Waals surface area contributed by atoms with E-state index in [-0.39, 0.29) is 34.5 Å². The van der Waals surface area contributed by atoms with E-state index in [0.717, 1.165) is 41.1 Å². The number of pyridine rings is 1. The third-order valence-corrected chi connectivity index (χ3v) is 7.67. The molecule has 0 unspecified atom stereocenters. The first-order valence-electron chi connectivity index (χ1n) is 11.7. The Hall–Kier alpha value is -3.38. The van der Waals surface area contributed by atoms with Gasteiger partial charge >= 0.3 is 12.4 Å². The van der Waals surface area contributed by atoms with E-state index >= 15 is 0 Å². The van der Waals surface area contributed by atoms with Crippen molar-refractivity contribution in [3.63, 3.8) is 0 Å². The summed E-state index contributed by atoms with van der Waals surface area (Å²) < 4.78 is 87.0. The highest BCUT2D eigenvalue weighted by Gasteiger charge is 2.34. The van der Waals surface area contributed by atoms with E-state index < -0.39 is 37.1 Å². The fourth-order valence-electron chi connectivity index (χ4n) is 3.98. The summed E-state index contributed by atoms with van der Waals surface area (Å²) in [5.41, 5.74) is -1.88. The van der Waals surface area contributed by atoms with Gasteiger partial charge in [0.05, 0.1) is 40.0 Å². The van der Waals surface area contributed by atoms with Crippen molar-refractivity contribution in [2.75, 3.05) is 6.61 Å². The Kier molecular flexibility index (Phi) is 7.32. The minimum Gasteiger partial charge on any atom is -0.377 e. The highest BCUT2D eigenvalue weighted by Crippen LogP contribution is 2.37. The molecule has 0 aliphatic heterocycles. The molecule has 0 saturated heterocycles. The maximum Gasteiger partial charge on any atom is 0.418 e. The second kappa shape index (κ2) is 10.1. The number of aromatic nitrogens is 3. The molecule has 2 aromatic heterocycles. The SMILES string of the molecule is C[Si](C)(C)CCOCc1cc(-c2ncccc2C(F)(F)F)cc2[nH]n(-c3ccc(C(F)(F)F)cc3)c(=O)c12. The average molecular weight is 554 g/mol. The molecule has 4 rings (SSSR count). The molecular formula is C26H25F6N3O2Si. The summed E-state index contributed by atoms with van der Waals surface area (Å²) in [4.78, 5) is 17.3. The van der Waals surface area contributed by atoms with Gasteiger partial charge in [0.15, 0.2) is 0 Å². The summed E-state index contributed by atoms with van der Waals surface area (Å²) in [6, 6.07) is 9.76. The van der Waals surface area contributed by atoms with Crippen molar-refractivity contribution in [3.8, 4) is 16.9 Å². The number of hydrogen-bond acceptors (Lipinski definition) is 3. The molecule has 4 aromatic rings. The predicted octanol–water partition coefficient (Wildman–Crippen LogP) is 7.27. The number of rotatable bonds is 7. The van der Waals surface area contributed by atoms with Gasteiger partial charge in [0.1, 0.15) is 0 Å². The van der Waals surface area contributed by atoms with Gasteiger partial charge in [0.2, 0.25) is 0 Å². The molecule has 12 heteroatoms. The third-order valence-electron chi connectivity index (χ3n) is 5.96. The molecule has 0 spiro atoms. The second-order valence-corrected chi connectivity index (χ2v) is 15.7. The predicted molar refractivity (Wildman–Crippen MR) is 135 cm³/mol. The number of alkyl halides is 6. The largest absolute Gasteiger partial charge is 0.418 e. The van der Waals surface area contributed by atoms with Crippen molar-refractivity contribution in [1.29, 1.82) is 0 Å². The molecular weight excluding hydrogens is 528 g/mol. The molecule has 5 nitrogen and oxygen atoms in total. The maximum absolute atomic E-state index is 13.7. The minimum atomic E-state index is -4.66. The topological polar surface area (TPSA) is 59.9 Å². The van der Waals surface area contributed by atoms with Crippen LogP contribution in [0.4, 0.5) is 26.3 Å². The molecule has 0 bridgehead atoms. The van der Waals surface area contributed by atoms with Gasteiger partial charge in [-0.25, -0.2) is 4.68 Å². The first-order chi connectivity index (χ1) is 17.6. The highest BCUT2D eigenvalue weighted by molar-refractivity contribution is 6.76.